The molecule has 0 aliphatic carbocycles. The predicted molar refractivity (Wildman–Crippen MR) is 140 cm³/mol. The molecule has 234 valence electrons. The number of piperazine rings is 1. The van der Waals surface area contributed by atoms with Crippen LogP contribution in [0.25, 0.3) is 11.4 Å². The second-order valence-corrected chi connectivity index (χ2v) is 8.93. The second kappa shape index (κ2) is 15.0. The highest BCUT2D eigenvalue weighted by atomic mass is 19.4. The van der Waals surface area contributed by atoms with Gasteiger partial charge in [-0.25, -0.2) is 14.6 Å². The number of carboxylic acid groups (broad SMARTS) is 2. The number of carbonyl (C=O) groups is 3. The number of ether oxygens (including phenoxy) is 1. The third kappa shape index (κ3) is 10.6. The highest BCUT2D eigenvalue weighted by Gasteiger charge is 2.38. The topological polar surface area (TPSA) is 125 Å². The lowest BCUT2D eigenvalue weighted by Gasteiger charge is -2.35. The summed E-state index contributed by atoms with van der Waals surface area (Å²) in [5.41, 5.74) is 2.82. The van der Waals surface area contributed by atoms with Gasteiger partial charge in [0.2, 0.25) is 0 Å². The molecule has 10 nitrogen and oxygen atoms in total. The lowest BCUT2D eigenvalue weighted by molar-refractivity contribution is -0.193. The van der Waals surface area contributed by atoms with Crippen LogP contribution in [0.2, 0.25) is 0 Å². The van der Waals surface area contributed by atoms with Crippen LogP contribution in [0.3, 0.4) is 0 Å². The number of nitrogens with zero attached hydrogens (tertiary/aromatic N) is 4. The van der Waals surface area contributed by atoms with E-state index < -0.39 is 24.3 Å². The number of aliphatic carboxylic acids is 2. The Kier molecular flexibility index (Phi) is 12.1. The van der Waals surface area contributed by atoms with E-state index in [1.807, 2.05) is 59.1 Å². The Balaban J connectivity index is 0.000000384. The molecular formula is C27H28F6N4O6. The number of amides is 1. The van der Waals surface area contributed by atoms with Crippen LogP contribution in [0.1, 0.15) is 15.9 Å². The van der Waals surface area contributed by atoms with Gasteiger partial charge in [0.05, 0.1) is 12.7 Å². The number of methoxy groups -OCH3 is 1. The number of rotatable bonds is 5. The Bertz CT molecular complexity index is 1360. The van der Waals surface area contributed by atoms with Gasteiger partial charge in [0, 0.05) is 57.7 Å². The Hall–Kier alpha value is -4.60. The van der Waals surface area contributed by atoms with Gasteiger partial charge in [0.15, 0.2) is 0 Å². The number of imidazole rings is 1. The lowest BCUT2D eigenvalue weighted by Crippen LogP contribution is -2.48. The molecule has 2 aromatic carbocycles. The standard InChI is InChI=1S/C23H26N4O2.2C2HF3O2/c1-25-11-10-24-22(25)20-8-3-4-9-21(20)23(28)27-14-12-26(13-15-27)17-18-6-5-7-19(16-18)29-2;2*3-2(4,5)1(6)7/h3-11,16H,12-15,17H2,1-2H3;2*(H,6,7). The van der Waals surface area contributed by atoms with Crippen LogP contribution >= 0.6 is 0 Å². The monoisotopic (exact) mass is 618 g/mol. The van der Waals surface area contributed by atoms with E-state index in [9.17, 15) is 31.1 Å². The summed E-state index contributed by atoms with van der Waals surface area (Å²) in [6, 6.07) is 15.9. The fourth-order valence-electron chi connectivity index (χ4n) is 3.80. The van der Waals surface area contributed by atoms with Gasteiger partial charge < -0.3 is 24.4 Å². The second-order valence-electron chi connectivity index (χ2n) is 8.93. The molecule has 4 rings (SSSR count). The van der Waals surface area contributed by atoms with Crippen LogP contribution in [0.15, 0.2) is 60.9 Å². The molecule has 0 unspecified atom stereocenters. The number of carbonyl (C=O) groups excluding carboxylic acids is 1. The maximum Gasteiger partial charge on any atom is 0.490 e. The summed E-state index contributed by atoms with van der Waals surface area (Å²) < 4.78 is 70.7. The molecule has 1 aliphatic rings. The molecule has 3 aromatic rings. The van der Waals surface area contributed by atoms with Crippen molar-refractivity contribution < 1.29 is 55.7 Å². The van der Waals surface area contributed by atoms with E-state index in [0.717, 1.165) is 49.9 Å². The molecule has 0 radical (unpaired) electrons. The molecule has 0 bridgehead atoms. The van der Waals surface area contributed by atoms with Crippen molar-refractivity contribution in [2.24, 2.45) is 7.05 Å². The first-order chi connectivity index (χ1) is 20.0. The quantitative estimate of drug-likeness (QED) is 0.406. The summed E-state index contributed by atoms with van der Waals surface area (Å²) in [6.45, 7) is 4.01. The number of alkyl halides is 6. The number of hydrogen-bond acceptors (Lipinski definition) is 6. The number of aryl methyl sites for hydroxylation is 1. The number of benzene rings is 2. The average molecular weight is 619 g/mol. The normalized spacial score (nSPS) is 13.6. The van der Waals surface area contributed by atoms with Gasteiger partial charge in [-0.2, -0.15) is 26.3 Å². The molecular weight excluding hydrogens is 590 g/mol. The fraction of sp³-hybridized carbons (Fsp3) is 0.333. The average Bonchev–Trinajstić information content (AvgIpc) is 3.38. The first-order valence-electron chi connectivity index (χ1n) is 12.4. The summed E-state index contributed by atoms with van der Waals surface area (Å²) >= 11 is 0. The van der Waals surface area contributed by atoms with Crippen molar-refractivity contribution in [1.29, 1.82) is 0 Å². The molecule has 0 atom stereocenters. The molecule has 16 heteroatoms. The van der Waals surface area contributed by atoms with Gasteiger partial charge in [0.25, 0.3) is 5.91 Å². The smallest absolute Gasteiger partial charge is 0.490 e. The van der Waals surface area contributed by atoms with E-state index in [-0.39, 0.29) is 5.91 Å². The van der Waals surface area contributed by atoms with Crippen molar-refractivity contribution >= 4 is 17.8 Å². The van der Waals surface area contributed by atoms with Gasteiger partial charge in [-0.3, -0.25) is 9.69 Å². The van der Waals surface area contributed by atoms with E-state index in [1.54, 1.807) is 13.3 Å². The zero-order valence-electron chi connectivity index (χ0n) is 22.9. The van der Waals surface area contributed by atoms with E-state index >= 15 is 0 Å². The van der Waals surface area contributed by atoms with Crippen LogP contribution in [0.4, 0.5) is 26.3 Å². The molecule has 1 saturated heterocycles. The van der Waals surface area contributed by atoms with Gasteiger partial charge in [-0.15, -0.1) is 0 Å². The predicted octanol–water partition coefficient (Wildman–Crippen LogP) is 4.32. The summed E-state index contributed by atoms with van der Waals surface area (Å²) in [7, 11) is 3.63. The molecule has 1 amide bonds. The Morgan fingerprint density at radius 3 is 1.93 bits per heavy atom. The van der Waals surface area contributed by atoms with Crippen molar-refractivity contribution in [3.05, 3.63) is 72.1 Å². The Labute approximate surface area is 241 Å². The molecule has 43 heavy (non-hydrogen) atoms. The van der Waals surface area contributed by atoms with Crippen molar-refractivity contribution in [3.63, 3.8) is 0 Å². The summed E-state index contributed by atoms with van der Waals surface area (Å²) in [4.78, 5) is 39.8. The van der Waals surface area contributed by atoms with Crippen molar-refractivity contribution in [1.82, 2.24) is 19.4 Å². The summed E-state index contributed by atoms with van der Waals surface area (Å²) in [5.74, 6) is -3.75. The van der Waals surface area contributed by atoms with Gasteiger partial charge in [-0.05, 0) is 23.8 Å². The fourth-order valence-corrected chi connectivity index (χ4v) is 3.80. The number of hydrogen-bond donors (Lipinski definition) is 2. The molecule has 1 fully saturated rings. The molecule has 1 aliphatic heterocycles. The van der Waals surface area contributed by atoms with Crippen LogP contribution in [0.5, 0.6) is 5.75 Å². The maximum atomic E-state index is 13.2. The number of carboxylic acids is 2. The minimum Gasteiger partial charge on any atom is -0.497 e. The third-order valence-electron chi connectivity index (χ3n) is 5.90. The number of halogens is 6. The van der Waals surface area contributed by atoms with E-state index in [1.165, 1.54) is 5.56 Å². The van der Waals surface area contributed by atoms with Crippen LogP contribution < -0.4 is 4.74 Å². The SMILES string of the molecule is COc1cccc(CN2CCN(C(=O)c3ccccc3-c3nccn3C)CC2)c1.O=C(O)C(F)(F)F.O=C(O)C(F)(F)F. The molecule has 1 aromatic heterocycles. The molecule has 2 heterocycles. The van der Waals surface area contributed by atoms with Crippen LogP contribution in [-0.4, -0.2) is 93.1 Å². The van der Waals surface area contributed by atoms with Crippen molar-refractivity contribution in [3.8, 4) is 17.1 Å². The van der Waals surface area contributed by atoms with Crippen molar-refractivity contribution in [2.45, 2.75) is 18.9 Å². The first kappa shape index (κ1) is 34.6. The Morgan fingerprint density at radius 2 is 1.44 bits per heavy atom. The number of aromatic nitrogens is 2. The van der Waals surface area contributed by atoms with Gasteiger partial charge in [0.1, 0.15) is 11.6 Å². The highest BCUT2D eigenvalue weighted by molar-refractivity contribution is 6.00. The summed E-state index contributed by atoms with van der Waals surface area (Å²) in [6.07, 6.45) is -6.51. The van der Waals surface area contributed by atoms with Crippen molar-refractivity contribution in [2.75, 3.05) is 33.3 Å². The minimum absolute atomic E-state index is 0.0737. The molecule has 0 spiro atoms. The van der Waals surface area contributed by atoms with E-state index in [0.29, 0.717) is 5.56 Å². The first-order valence-corrected chi connectivity index (χ1v) is 12.4. The van der Waals surface area contributed by atoms with Crippen LogP contribution in [0, 0.1) is 0 Å². The minimum atomic E-state index is -5.08. The molecule has 2 N–H and O–H groups in total. The largest absolute Gasteiger partial charge is 0.497 e. The highest BCUT2D eigenvalue weighted by Crippen LogP contribution is 2.24. The molecule has 0 saturated carbocycles. The van der Waals surface area contributed by atoms with Gasteiger partial charge >= 0.3 is 24.3 Å². The maximum absolute atomic E-state index is 13.2. The van der Waals surface area contributed by atoms with Crippen LogP contribution in [-0.2, 0) is 23.2 Å². The van der Waals surface area contributed by atoms with E-state index in [2.05, 4.69) is 22.0 Å². The Morgan fingerprint density at radius 1 is 0.884 bits per heavy atom. The zero-order chi connectivity index (χ0) is 32.4. The third-order valence-corrected chi connectivity index (χ3v) is 5.90. The lowest BCUT2D eigenvalue weighted by atomic mass is 10.0. The summed E-state index contributed by atoms with van der Waals surface area (Å²) in [5, 5.41) is 14.2. The zero-order valence-corrected chi connectivity index (χ0v) is 22.9. The van der Waals surface area contributed by atoms with Gasteiger partial charge in [-0.1, -0.05) is 30.3 Å². The van der Waals surface area contributed by atoms with E-state index in [4.69, 9.17) is 24.5 Å².